The van der Waals surface area contributed by atoms with Gasteiger partial charge in [-0.25, -0.2) is 0 Å². The van der Waals surface area contributed by atoms with Crippen molar-refractivity contribution >= 4 is 0 Å². The van der Waals surface area contributed by atoms with Crippen LogP contribution in [0.2, 0.25) is 0 Å². The van der Waals surface area contributed by atoms with Gasteiger partial charge in [0, 0.05) is 18.9 Å². The standard InChI is InChI=1S/C14H22N2O/c1-16(11-12-4-3-8-15-10-12)9-7-13-5-2-6-14(13)17/h3-4,8,10,13-14,17H,2,5-7,9,11H2,1H3. The fourth-order valence-electron chi connectivity index (χ4n) is 2.62. The van der Waals surface area contributed by atoms with Gasteiger partial charge < -0.3 is 10.0 Å². The highest BCUT2D eigenvalue weighted by molar-refractivity contribution is 5.07. The lowest BCUT2D eigenvalue weighted by atomic mass is 10.0. The van der Waals surface area contributed by atoms with Crippen LogP contribution in [0.3, 0.4) is 0 Å². The molecule has 17 heavy (non-hydrogen) atoms. The van der Waals surface area contributed by atoms with Crippen LogP contribution >= 0.6 is 0 Å². The molecule has 0 amide bonds. The third kappa shape index (κ3) is 3.79. The second kappa shape index (κ2) is 6.12. The first-order valence-electron chi connectivity index (χ1n) is 6.51. The van der Waals surface area contributed by atoms with E-state index in [9.17, 15) is 5.11 Å². The lowest BCUT2D eigenvalue weighted by Crippen LogP contribution is -2.24. The summed E-state index contributed by atoms with van der Waals surface area (Å²) in [5, 5.41) is 9.76. The molecule has 3 nitrogen and oxygen atoms in total. The topological polar surface area (TPSA) is 36.4 Å². The Labute approximate surface area is 103 Å². The van der Waals surface area contributed by atoms with Gasteiger partial charge in [-0.3, -0.25) is 4.98 Å². The molecular formula is C14H22N2O. The maximum Gasteiger partial charge on any atom is 0.0568 e. The van der Waals surface area contributed by atoms with Gasteiger partial charge in [0.2, 0.25) is 0 Å². The summed E-state index contributed by atoms with van der Waals surface area (Å²) in [5.74, 6) is 0.520. The normalized spacial score (nSPS) is 24.4. The van der Waals surface area contributed by atoms with E-state index < -0.39 is 0 Å². The van der Waals surface area contributed by atoms with Gasteiger partial charge in [-0.15, -0.1) is 0 Å². The molecule has 1 aromatic heterocycles. The van der Waals surface area contributed by atoms with E-state index in [1.54, 1.807) is 6.20 Å². The van der Waals surface area contributed by atoms with E-state index in [4.69, 9.17) is 0 Å². The van der Waals surface area contributed by atoms with Crippen LogP contribution in [0.5, 0.6) is 0 Å². The fourth-order valence-corrected chi connectivity index (χ4v) is 2.62. The average Bonchev–Trinajstić information content (AvgIpc) is 2.74. The van der Waals surface area contributed by atoms with Crippen molar-refractivity contribution in [1.82, 2.24) is 9.88 Å². The Kier molecular flexibility index (Phi) is 4.51. The molecule has 0 aliphatic heterocycles. The molecule has 0 spiro atoms. The first kappa shape index (κ1) is 12.5. The zero-order valence-electron chi connectivity index (χ0n) is 10.5. The number of aliphatic hydroxyl groups excluding tert-OH is 1. The molecule has 94 valence electrons. The highest BCUT2D eigenvalue weighted by Gasteiger charge is 2.24. The van der Waals surface area contributed by atoms with Crippen LogP contribution in [0.15, 0.2) is 24.5 Å². The highest BCUT2D eigenvalue weighted by Crippen LogP contribution is 2.28. The minimum Gasteiger partial charge on any atom is -0.393 e. The maximum absolute atomic E-state index is 9.76. The van der Waals surface area contributed by atoms with Gasteiger partial charge in [0.05, 0.1) is 6.10 Å². The molecule has 1 N–H and O–H groups in total. The van der Waals surface area contributed by atoms with Gasteiger partial charge in [-0.2, -0.15) is 0 Å². The molecule has 0 saturated heterocycles. The molecule has 1 aromatic rings. The molecule has 1 fully saturated rings. The quantitative estimate of drug-likeness (QED) is 0.847. The minimum atomic E-state index is -0.0539. The Morgan fingerprint density at radius 3 is 3.00 bits per heavy atom. The first-order chi connectivity index (χ1) is 8.25. The molecule has 0 bridgehead atoms. The molecular weight excluding hydrogens is 212 g/mol. The van der Waals surface area contributed by atoms with Crippen LogP contribution in [-0.2, 0) is 6.54 Å². The fraction of sp³-hybridized carbons (Fsp3) is 0.643. The Morgan fingerprint density at radius 2 is 2.35 bits per heavy atom. The van der Waals surface area contributed by atoms with Crippen LogP contribution in [0.25, 0.3) is 0 Å². The van der Waals surface area contributed by atoms with E-state index >= 15 is 0 Å². The highest BCUT2D eigenvalue weighted by atomic mass is 16.3. The van der Waals surface area contributed by atoms with Gasteiger partial charge in [0.1, 0.15) is 0 Å². The number of rotatable bonds is 5. The Bertz CT molecular complexity index is 328. The summed E-state index contributed by atoms with van der Waals surface area (Å²) < 4.78 is 0. The molecule has 1 heterocycles. The number of pyridine rings is 1. The molecule has 1 aliphatic carbocycles. The van der Waals surface area contributed by atoms with Crippen molar-refractivity contribution in [3.63, 3.8) is 0 Å². The Hall–Kier alpha value is -0.930. The van der Waals surface area contributed by atoms with Gasteiger partial charge in [-0.05, 0) is 50.4 Å². The number of hydrogen-bond donors (Lipinski definition) is 1. The lowest BCUT2D eigenvalue weighted by Gasteiger charge is -2.20. The van der Waals surface area contributed by atoms with E-state index in [1.165, 1.54) is 18.4 Å². The molecule has 3 heteroatoms. The lowest BCUT2D eigenvalue weighted by molar-refractivity contribution is 0.120. The van der Waals surface area contributed by atoms with Crippen molar-refractivity contribution in [2.45, 2.75) is 38.3 Å². The molecule has 1 saturated carbocycles. The predicted molar refractivity (Wildman–Crippen MR) is 68.5 cm³/mol. The number of aromatic nitrogens is 1. The van der Waals surface area contributed by atoms with Crippen LogP contribution in [0.1, 0.15) is 31.2 Å². The molecule has 2 unspecified atom stereocenters. The zero-order chi connectivity index (χ0) is 12.1. The third-order valence-electron chi connectivity index (χ3n) is 3.68. The zero-order valence-corrected chi connectivity index (χ0v) is 10.5. The van der Waals surface area contributed by atoms with Crippen LogP contribution in [0.4, 0.5) is 0 Å². The SMILES string of the molecule is CN(CCC1CCCC1O)Cc1cccnc1. The van der Waals surface area contributed by atoms with Crippen molar-refractivity contribution in [1.29, 1.82) is 0 Å². The minimum absolute atomic E-state index is 0.0539. The smallest absolute Gasteiger partial charge is 0.0568 e. The number of aliphatic hydroxyl groups is 1. The van der Waals surface area contributed by atoms with E-state index in [0.717, 1.165) is 25.9 Å². The summed E-state index contributed by atoms with van der Waals surface area (Å²) in [7, 11) is 2.13. The van der Waals surface area contributed by atoms with E-state index in [1.807, 2.05) is 12.3 Å². The van der Waals surface area contributed by atoms with Crippen molar-refractivity contribution in [3.8, 4) is 0 Å². The maximum atomic E-state index is 9.76. The molecule has 2 rings (SSSR count). The second-order valence-electron chi connectivity index (χ2n) is 5.15. The molecule has 1 aliphatic rings. The van der Waals surface area contributed by atoms with Crippen molar-refractivity contribution in [2.75, 3.05) is 13.6 Å². The number of hydrogen-bond acceptors (Lipinski definition) is 3. The van der Waals surface area contributed by atoms with E-state index in [-0.39, 0.29) is 6.10 Å². The van der Waals surface area contributed by atoms with Gasteiger partial charge in [0.15, 0.2) is 0 Å². The third-order valence-corrected chi connectivity index (χ3v) is 3.68. The summed E-state index contributed by atoms with van der Waals surface area (Å²) in [5.41, 5.74) is 1.25. The first-order valence-corrected chi connectivity index (χ1v) is 6.51. The number of nitrogens with zero attached hydrogens (tertiary/aromatic N) is 2. The summed E-state index contributed by atoms with van der Waals surface area (Å²) in [6.07, 6.45) is 8.16. The van der Waals surface area contributed by atoms with Crippen LogP contribution in [0, 0.1) is 5.92 Å². The summed E-state index contributed by atoms with van der Waals surface area (Å²) in [6.45, 7) is 1.99. The summed E-state index contributed by atoms with van der Waals surface area (Å²) in [6, 6.07) is 4.08. The molecule has 2 atom stereocenters. The van der Waals surface area contributed by atoms with Gasteiger partial charge in [0.25, 0.3) is 0 Å². The largest absolute Gasteiger partial charge is 0.393 e. The summed E-state index contributed by atoms with van der Waals surface area (Å²) >= 11 is 0. The average molecular weight is 234 g/mol. The molecule has 0 radical (unpaired) electrons. The van der Waals surface area contributed by atoms with Gasteiger partial charge in [-0.1, -0.05) is 12.5 Å². The van der Waals surface area contributed by atoms with Crippen LogP contribution < -0.4 is 0 Å². The monoisotopic (exact) mass is 234 g/mol. The van der Waals surface area contributed by atoms with Crippen molar-refractivity contribution < 1.29 is 5.11 Å². The van der Waals surface area contributed by atoms with Crippen molar-refractivity contribution in [3.05, 3.63) is 30.1 Å². The van der Waals surface area contributed by atoms with E-state index in [2.05, 4.69) is 23.0 Å². The van der Waals surface area contributed by atoms with Crippen molar-refractivity contribution in [2.24, 2.45) is 5.92 Å². The Balaban J connectivity index is 1.72. The van der Waals surface area contributed by atoms with Gasteiger partial charge >= 0.3 is 0 Å². The molecule has 0 aromatic carbocycles. The predicted octanol–water partition coefficient (Wildman–Crippen LogP) is 2.06. The second-order valence-corrected chi connectivity index (χ2v) is 5.15. The van der Waals surface area contributed by atoms with Crippen LogP contribution in [-0.4, -0.2) is 34.7 Å². The van der Waals surface area contributed by atoms with E-state index in [0.29, 0.717) is 5.92 Å². The Morgan fingerprint density at radius 1 is 1.47 bits per heavy atom. The summed E-state index contributed by atoms with van der Waals surface area (Å²) in [4.78, 5) is 6.43.